The van der Waals surface area contributed by atoms with E-state index in [0.29, 0.717) is 24.0 Å². The van der Waals surface area contributed by atoms with Gasteiger partial charge in [0.15, 0.2) is 0 Å². The third kappa shape index (κ3) is 2.60. The Bertz CT molecular complexity index is 475. The number of ether oxygens (including phenoxy) is 2. The SMILES string of the molecule is CC1CCOC1C(O)Cc1cc(Cl)cc2c1OCC2. The molecule has 0 aromatic heterocycles. The highest BCUT2D eigenvalue weighted by Gasteiger charge is 2.32. The van der Waals surface area contributed by atoms with Crippen LogP contribution in [-0.4, -0.2) is 30.5 Å². The van der Waals surface area contributed by atoms with Gasteiger partial charge in [-0.1, -0.05) is 18.5 Å². The largest absolute Gasteiger partial charge is 0.493 e. The molecule has 2 aliphatic heterocycles. The van der Waals surface area contributed by atoms with E-state index in [9.17, 15) is 5.11 Å². The first-order valence-corrected chi connectivity index (χ1v) is 7.26. The van der Waals surface area contributed by atoms with Gasteiger partial charge in [-0.05, 0) is 35.6 Å². The van der Waals surface area contributed by atoms with Gasteiger partial charge in [0.2, 0.25) is 0 Å². The average molecular weight is 283 g/mol. The second-order valence-electron chi connectivity index (χ2n) is 5.52. The van der Waals surface area contributed by atoms with Gasteiger partial charge in [0, 0.05) is 24.5 Å². The smallest absolute Gasteiger partial charge is 0.126 e. The lowest BCUT2D eigenvalue weighted by Crippen LogP contribution is -2.31. The topological polar surface area (TPSA) is 38.7 Å². The molecule has 1 N–H and O–H groups in total. The van der Waals surface area contributed by atoms with E-state index in [4.69, 9.17) is 21.1 Å². The third-order valence-electron chi connectivity index (χ3n) is 4.08. The standard InChI is InChI=1S/C15H19ClO3/c1-9-2-4-18-14(9)13(17)8-11-7-12(16)6-10-3-5-19-15(10)11/h6-7,9,13-14,17H,2-5,8H2,1H3. The Morgan fingerprint density at radius 2 is 2.26 bits per heavy atom. The van der Waals surface area contributed by atoms with E-state index in [2.05, 4.69) is 6.92 Å². The number of hydrogen-bond donors (Lipinski definition) is 1. The van der Waals surface area contributed by atoms with Crippen molar-refractivity contribution in [3.63, 3.8) is 0 Å². The van der Waals surface area contributed by atoms with Gasteiger partial charge in [0.05, 0.1) is 18.8 Å². The molecule has 0 saturated carbocycles. The Hall–Kier alpha value is -0.770. The van der Waals surface area contributed by atoms with Crippen molar-refractivity contribution in [1.29, 1.82) is 0 Å². The van der Waals surface area contributed by atoms with Crippen LogP contribution in [0.3, 0.4) is 0 Å². The van der Waals surface area contributed by atoms with Crippen LogP contribution in [0.25, 0.3) is 0 Å². The molecule has 0 radical (unpaired) electrons. The molecule has 2 heterocycles. The van der Waals surface area contributed by atoms with E-state index in [1.54, 1.807) is 0 Å². The number of aliphatic hydroxyl groups excluding tert-OH is 1. The Labute approximate surface area is 118 Å². The summed E-state index contributed by atoms with van der Waals surface area (Å²) in [7, 11) is 0. The fourth-order valence-electron chi connectivity index (χ4n) is 3.05. The van der Waals surface area contributed by atoms with E-state index in [0.717, 1.165) is 36.3 Å². The molecule has 4 heteroatoms. The number of fused-ring (bicyclic) bond motifs is 1. The molecule has 1 aromatic rings. The van der Waals surface area contributed by atoms with Crippen LogP contribution >= 0.6 is 11.6 Å². The lowest BCUT2D eigenvalue weighted by molar-refractivity contribution is -0.0159. The van der Waals surface area contributed by atoms with E-state index >= 15 is 0 Å². The van der Waals surface area contributed by atoms with Crippen molar-refractivity contribution >= 4 is 11.6 Å². The minimum atomic E-state index is -0.496. The molecule has 3 rings (SSSR count). The summed E-state index contributed by atoms with van der Waals surface area (Å²) < 4.78 is 11.3. The maximum absolute atomic E-state index is 10.4. The van der Waals surface area contributed by atoms with Gasteiger partial charge in [0.1, 0.15) is 5.75 Å². The summed E-state index contributed by atoms with van der Waals surface area (Å²) in [6.07, 6.45) is 1.89. The van der Waals surface area contributed by atoms with Gasteiger partial charge in [-0.15, -0.1) is 0 Å². The second kappa shape index (κ2) is 5.31. The van der Waals surface area contributed by atoms with Crippen molar-refractivity contribution in [1.82, 2.24) is 0 Å². The summed E-state index contributed by atoms with van der Waals surface area (Å²) in [5.74, 6) is 1.32. The van der Waals surface area contributed by atoms with Crippen molar-refractivity contribution in [3.05, 3.63) is 28.3 Å². The molecule has 104 valence electrons. The number of hydrogen-bond acceptors (Lipinski definition) is 3. The van der Waals surface area contributed by atoms with Gasteiger partial charge < -0.3 is 14.6 Å². The number of halogens is 1. The number of benzene rings is 1. The van der Waals surface area contributed by atoms with Crippen molar-refractivity contribution in [2.75, 3.05) is 13.2 Å². The van der Waals surface area contributed by atoms with E-state index < -0.39 is 6.10 Å². The van der Waals surface area contributed by atoms with E-state index in [1.165, 1.54) is 0 Å². The van der Waals surface area contributed by atoms with Crippen LogP contribution in [0.5, 0.6) is 5.75 Å². The lowest BCUT2D eigenvalue weighted by Gasteiger charge is -2.22. The third-order valence-corrected chi connectivity index (χ3v) is 4.30. The predicted octanol–water partition coefficient (Wildman–Crippen LogP) is 2.60. The molecule has 0 spiro atoms. The molecule has 3 nitrogen and oxygen atoms in total. The minimum Gasteiger partial charge on any atom is -0.493 e. The quantitative estimate of drug-likeness (QED) is 0.926. The average Bonchev–Trinajstić information content (AvgIpc) is 2.97. The van der Waals surface area contributed by atoms with Crippen molar-refractivity contribution in [2.45, 2.75) is 38.4 Å². The summed E-state index contributed by atoms with van der Waals surface area (Å²) in [6.45, 7) is 3.57. The first kappa shape index (κ1) is 13.2. The second-order valence-corrected chi connectivity index (χ2v) is 5.96. The summed E-state index contributed by atoms with van der Waals surface area (Å²) in [4.78, 5) is 0. The van der Waals surface area contributed by atoms with Crippen LogP contribution in [0.2, 0.25) is 5.02 Å². The normalized spacial score (nSPS) is 27.1. The van der Waals surface area contributed by atoms with Crippen LogP contribution in [0.15, 0.2) is 12.1 Å². The fraction of sp³-hybridized carbons (Fsp3) is 0.600. The molecule has 3 unspecified atom stereocenters. The molecule has 3 atom stereocenters. The van der Waals surface area contributed by atoms with Gasteiger partial charge in [-0.3, -0.25) is 0 Å². The summed E-state index contributed by atoms with van der Waals surface area (Å²) >= 11 is 6.13. The van der Waals surface area contributed by atoms with Gasteiger partial charge in [-0.25, -0.2) is 0 Å². The van der Waals surface area contributed by atoms with Gasteiger partial charge >= 0.3 is 0 Å². The molecule has 2 aliphatic rings. The first-order chi connectivity index (χ1) is 9.15. The lowest BCUT2D eigenvalue weighted by atomic mass is 9.94. The molecule has 0 bridgehead atoms. The highest BCUT2D eigenvalue weighted by atomic mass is 35.5. The van der Waals surface area contributed by atoms with Crippen molar-refractivity contribution < 1.29 is 14.6 Å². The number of aliphatic hydroxyl groups is 1. The maximum atomic E-state index is 10.4. The Morgan fingerprint density at radius 3 is 3.00 bits per heavy atom. The van der Waals surface area contributed by atoms with Gasteiger partial charge in [0.25, 0.3) is 0 Å². The zero-order valence-electron chi connectivity index (χ0n) is 11.1. The summed E-state index contributed by atoms with van der Waals surface area (Å²) in [6, 6.07) is 3.85. The molecular weight excluding hydrogens is 264 g/mol. The Balaban J connectivity index is 1.79. The minimum absolute atomic E-state index is 0.0731. The molecule has 19 heavy (non-hydrogen) atoms. The monoisotopic (exact) mass is 282 g/mol. The van der Waals surface area contributed by atoms with Crippen LogP contribution in [0.4, 0.5) is 0 Å². The Kier molecular flexibility index (Phi) is 3.70. The van der Waals surface area contributed by atoms with Crippen molar-refractivity contribution in [2.24, 2.45) is 5.92 Å². The van der Waals surface area contributed by atoms with Crippen LogP contribution in [0.1, 0.15) is 24.5 Å². The highest BCUT2D eigenvalue weighted by Crippen LogP contribution is 2.35. The molecule has 1 aromatic carbocycles. The number of rotatable bonds is 3. The molecule has 1 fully saturated rings. The maximum Gasteiger partial charge on any atom is 0.126 e. The molecule has 0 aliphatic carbocycles. The Morgan fingerprint density at radius 1 is 1.42 bits per heavy atom. The predicted molar refractivity (Wildman–Crippen MR) is 73.9 cm³/mol. The van der Waals surface area contributed by atoms with Crippen LogP contribution in [0, 0.1) is 5.92 Å². The zero-order chi connectivity index (χ0) is 13.4. The van der Waals surface area contributed by atoms with E-state index in [1.807, 2.05) is 12.1 Å². The molecule has 1 saturated heterocycles. The zero-order valence-corrected chi connectivity index (χ0v) is 11.8. The highest BCUT2D eigenvalue weighted by molar-refractivity contribution is 6.30. The van der Waals surface area contributed by atoms with Crippen LogP contribution < -0.4 is 4.74 Å². The molecule has 0 amide bonds. The fourth-order valence-corrected chi connectivity index (χ4v) is 3.31. The van der Waals surface area contributed by atoms with Crippen LogP contribution in [-0.2, 0) is 17.6 Å². The van der Waals surface area contributed by atoms with Crippen molar-refractivity contribution in [3.8, 4) is 5.75 Å². The summed E-state index contributed by atoms with van der Waals surface area (Å²) in [5, 5.41) is 11.1. The molecular formula is C15H19ClO3. The first-order valence-electron chi connectivity index (χ1n) is 6.89. The summed E-state index contributed by atoms with van der Waals surface area (Å²) in [5.41, 5.74) is 2.14. The van der Waals surface area contributed by atoms with Gasteiger partial charge in [-0.2, -0.15) is 0 Å². The van der Waals surface area contributed by atoms with E-state index in [-0.39, 0.29) is 6.10 Å².